The van der Waals surface area contributed by atoms with Crippen LogP contribution in [0.1, 0.15) is 33.6 Å². The smallest absolute Gasteiger partial charge is 0.410 e. The summed E-state index contributed by atoms with van der Waals surface area (Å²) < 4.78 is 5.44. The van der Waals surface area contributed by atoms with Crippen LogP contribution in [0.3, 0.4) is 0 Å². The minimum atomic E-state index is -0.402. The number of ether oxygens (including phenoxy) is 1. The molecule has 1 atom stereocenters. The Morgan fingerprint density at radius 3 is 2.79 bits per heavy atom. The monoisotopic (exact) mass is 267 g/mol. The van der Waals surface area contributed by atoms with Crippen LogP contribution in [0.25, 0.3) is 0 Å². The van der Waals surface area contributed by atoms with E-state index in [2.05, 4.69) is 10.2 Å². The number of carbonyl (C=O) groups is 1. The number of hydrogen-bond acceptors (Lipinski definition) is 4. The lowest BCUT2D eigenvalue weighted by Gasteiger charge is -2.58. The maximum absolute atomic E-state index is 12.0. The Morgan fingerprint density at radius 2 is 2.11 bits per heavy atom. The molecule has 0 unspecified atom stereocenters. The molecule has 5 heteroatoms. The number of hydrogen-bond donors (Lipinski definition) is 1. The van der Waals surface area contributed by atoms with Gasteiger partial charge in [0, 0.05) is 32.2 Å². The summed E-state index contributed by atoms with van der Waals surface area (Å²) in [6.45, 7) is 10.7. The summed E-state index contributed by atoms with van der Waals surface area (Å²) in [5, 5.41) is 3.54. The van der Waals surface area contributed by atoms with Crippen LogP contribution >= 0.6 is 0 Å². The molecule has 108 valence electrons. The summed E-state index contributed by atoms with van der Waals surface area (Å²) in [7, 11) is 0. The maximum Gasteiger partial charge on any atom is 0.410 e. The van der Waals surface area contributed by atoms with Gasteiger partial charge in [-0.3, -0.25) is 4.90 Å². The molecular formula is C14H25N3O2. The van der Waals surface area contributed by atoms with E-state index < -0.39 is 5.60 Å². The highest BCUT2D eigenvalue weighted by molar-refractivity contribution is 5.70. The number of nitrogens with one attached hydrogen (secondary N) is 1. The Morgan fingerprint density at radius 1 is 1.37 bits per heavy atom. The van der Waals surface area contributed by atoms with Crippen molar-refractivity contribution in [2.75, 3.05) is 32.7 Å². The third-order valence-electron chi connectivity index (χ3n) is 4.44. The van der Waals surface area contributed by atoms with E-state index in [-0.39, 0.29) is 11.6 Å². The van der Waals surface area contributed by atoms with Gasteiger partial charge in [0.1, 0.15) is 5.60 Å². The van der Waals surface area contributed by atoms with Crippen LogP contribution in [0.5, 0.6) is 0 Å². The van der Waals surface area contributed by atoms with Crippen molar-refractivity contribution in [3.05, 3.63) is 0 Å². The Bertz CT molecular complexity index is 371. The summed E-state index contributed by atoms with van der Waals surface area (Å²) in [5.41, 5.74) is -0.225. The minimum absolute atomic E-state index is 0.167. The molecule has 0 saturated carbocycles. The van der Waals surface area contributed by atoms with E-state index >= 15 is 0 Å². The van der Waals surface area contributed by atoms with Crippen LogP contribution < -0.4 is 5.32 Å². The zero-order valence-electron chi connectivity index (χ0n) is 12.2. The van der Waals surface area contributed by atoms with Crippen molar-refractivity contribution in [1.82, 2.24) is 15.1 Å². The Labute approximate surface area is 115 Å². The standard InChI is InChI=1S/C14H25N3O2/c1-13(2,3)19-12(18)16-9-14(10-16)8-15-7-11-5-4-6-17(11)14/h11,15H,4-10H2,1-3H3/t11-/m1/s1. The molecule has 0 aromatic carbocycles. The average molecular weight is 267 g/mol. The number of likely N-dealkylation sites (tertiary alicyclic amines) is 1. The van der Waals surface area contributed by atoms with Crippen molar-refractivity contribution in [1.29, 1.82) is 0 Å². The summed E-state index contributed by atoms with van der Waals surface area (Å²) in [5.74, 6) is 0. The van der Waals surface area contributed by atoms with Gasteiger partial charge in [0.25, 0.3) is 0 Å². The second-order valence-electron chi connectivity index (χ2n) is 7.18. The number of rotatable bonds is 0. The van der Waals surface area contributed by atoms with Gasteiger partial charge in [0.2, 0.25) is 0 Å². The van der Waals surface area contributed by atoms with Crippen molar-refractivity contribution in [2.24, 2.45) is 0 Å². The summed E-state index contributed by atoms with van der Waals surface area (Å²) in [4.78, 5) is 16.5. The number of fused-ring (bicyclic) bond motifs is 2. The highest BCUT2D eigenvalue weighted by Gasteiger charge is 2.54. The van der Waals surface area contributed by atoms with Gasteiger partial charge in [-0.2, -0.15) is 0 Å². The Kier molecular flexibility index (Phi) is 3.02. The molecule has 0 aromatic rings. The summed E-state index contributed by atoms with van der Waals surface area (Å²) >= 11 is 0. The van der Waals surface area contributed by atoms with Gasteiger partial charge in [-0.1, -0.05) is 0 Å². The fourth-order valence-electron chi connectivity index (χ4n) is 3.66. The van der Waals surface area contributed by atoms with Gasteiger partial charge in [-0.25, -0.2) is 4.79 Å². The maximum atomic E-state index is 12.0. The van der Waals surface area contributed by atoms with Gasteiger partial charge < -0.3 is 15.0 Å². The van der Waals surface area contributed by atoms with Crippen LogP contribution in [0.15, 0.2) is 0 Å². The largest absolute Gasteiger partial charge is 0.444 e. The second-order valence-corrected chi connectivity index (χ2v) is 7.18. The van der Waals surface area contributed by atoms with E-state index in [0.717, 1.165) is 26.2 Å². The normalized spacial score (nSPS) is 30.1. The fraction of sp³-hybridized carbons (Fsp3) is 0.929. The molecule has 3 saturated heterocycles. The van der Waals surface area contributed by atoms with Crippen molar-refractivity contribution in [3.63, 3.8) is 0 Å². The first-order valence-electron chi connectivity index (χ1n) is 7.35. The van der Waals surface area contributed by atoms with Gasteiger partial charge in [-0.05, 0) is 40.2 Å². The molecule has 1 N–H and O–H groups in total. The van der Waals surface area contributed by atoms with Gasteiger partial charge >= 0.3 is 6.09 Å². The van der Waals surface area contributed by atoms with Gasteiger partial charge in [-0.15, -0.1) is 0 Å². The molecule has 0 aromatic heterocycles. The molecule has 3 aliphatic rings. The van der Waals surface area contributed by atoms with Crippen LogP contribution in [-0.2, 0) is 4.74 Å². The van der Waals surface area contributed by atoms with Crippen LogP contribution in [-0.4, -0.2) is 65.8 Å². The number of carbonyl (C=O) groups excluding carboxylic acids is 1. The molecule has 3 heterocycles. The SMILES string of the molecule is CC(C)(C)OC(=O)N1CC2(CNC[C@H]3CCCN32)C1. The number of piperazine rings is 1. The zero-order valence-corrected chi connectivity index (χ0v) is 12.2. The molecule has 19 heavy (non-hydrogen) atoms. The lowest BCUT2D eigenvalue weighted by molar-refractivity contribution is -0.0806. The first-order valence-corrected chi connectivity index (χ1v) is 7.35. The number of nitrogens with zero attached hydrogens (tertiary/aromatic N) is 2. The molecule has 0 bridgehead atoms. The van der Waals surface area contributed by atoms with E-state index in [9.17, 15) is 4.79 Å². The second kappa shape index (κ2) is 4.35. The first-order chi connectivity index (χ1) is 8.90. The molecule has 3 aliphatic heterocycles. The quantitative estimate of drug-likeness (QED) is 0.712. The van der Waals surface area contributed by atoms with E-state index in [1.54, 1.807) is 0 Å². The topological polar surface area (TPSA) is 44.8 Å². The predicted molar refractivity (Wildman–Crippen MR) is 73.1 cm³/mol. The molecular weight excluding hydrogens is 242 g/mol. The van der Waals surface area contributed by atoms with Crippen LogP contribution in [0, 0.1) is 0 Å². The average Bonchev–Trinajstić information content (AvgIpc) is 2.70. The predicted octanol–water partition coefficient (Wildman–Crippen LogP) is 1.04. The van der Waals surface area contributed by atoms with Crippen molar-refractivity contribution in [3.8, 4) is 0 Å². The third-order valence-corrected chi connectivity index (χ3v) is 4.44. The zero-order chi connectivity index (χ0) is 13.7. The summed E-state index contributed by atoms with van der Waals surface area (Å²) in [6.07, 6.45) is 2.42. The third kappa shape index (κ3) is 2.34. The lowest BCUT2D eigenvalue weighted by atomic mass is 9.85. The van der Waals surface area contributed by atoms with E-state index in [0.29, 0.717) is 6.04 Å². The highest BCUT2D eigenvalue weighted by Crippen LogP contribution is 2.36. The molecule has 0 aliphatic carbocycles. The number of amides is 1. The van der Waals surface area contributed by atoms with E-state index in [1.807, 2.05) is 25.7 Å². The van der Waals surface area contributed by atoms with Crippen molar-refractivity contribution < 1.29 is 9.53 Å². The fourth-order valence-corrected chi connectivity index (χ4v) is 3.66. The molecule has 1 amide bonds. The minimum Gasteiger partial charge on any atom is -0.444 e. The molecule has 3 fully saturated rings. The van der Waals surface area contributed by atoms with Crippen molar-refractivity contribution >= 4 is 6.09 Å². The van der Waals surface area contributed by atoms with Crippen LogP contribution in [0.4, 0.5) is 4.79 Å². The van der Waals surface area contributed by atoms with Crippen molar-refractivity contribution in [2.45, 2.75) is 50.8 Å². The van der Waals surface area contributed by atoms with Gasteiger partial charge in [0.05, 0.1) is 5.54 Å². The Balaban J connectivity index is 1.60. The van der Waals surface area contributed by atoms with E-state index in [1.165, 1.54) is 19.4 Å². The lowest BCUT2D eigenvalue weighted by Crippen LogP contribution is -2.78. The van der Waals surface area contributed by atoms with Crippen LogP contribution in [0.2, 0.25) is 0 Å². The Hall–Kier alpha value is -0.810. The molecule has 0 radical (unpaired) electrons. The summed E-state index contributed by atoms with van der Waals surface area (Å²) in [6, 6.07) is 0.675. The molecule has 5 nitrogen and oxygen atoms in total. The molecule has 1 spiro atoms. The first kappa shape index (κ1) is 13.2. The highest BCUT2D eigenvalue weighted by atomic mass is 16.6. The van der Waals surface area contributed by atoms with E-state index in [4.69, 9.17) is 4.74 Å². The molecule has 3 rings (SSSR count). The van der Waals surface area contributed by atoms with Gasteiger partial charge in [0.15, 0.2) is 0 Å².